The Kier molecular flexibility index (Phi) is 5.89. The van der Waals surface area contributed by atoms with Gasteiger partial charge in [-0.1, -0.05) is 6.07 Å². The summed E-state index contributed by atoms with van der Waals surface area (Å²) in [5, 5.41) is 9.06. The van der Waals surface area contributed by atoms with E-state index in [4.69, 9.17) is 5.11 Å². The number of amides is 1. The first-order chi connectivity index (χ1) is 12.4. The van der Waals surface area contributed by atoms with Crippen LogP contribution in [0, 0.1) is 5.92 Å². The van der Waals surface area contributed by atoms with Crippen LogP contribution in [0.1, 0.15) is 29.6 Å². The molecular weight excluding hydrogens is 376 g/mol. The van der Waals surface area contributed by atoms with Crippen molar-refractivity contribution in [2.75, 3.05) is 24.6 Å². The number of carbonyl (C=O) groups excluding carboxylic acids is 1. The van der Waals surface area contributed by atoms with Gasteiger partial charge in [0.1, 0.15) is 0 Å². The Hall–Kier alpha value is -1.58. The minimum absolute atomic E-state index is 0.0603. The van der Waals surface area contributed by atoms with Crippen molar-refractivity contribution in [1.82, 2.24) is 9.62 Å². The standard InChI is InChI=1S/C17H22N2O5S2/c20-16(21)9-14-11-25-7-6-19(14)17(22)13-2-1-3-15(8-13)26(23,24)18-10-12-4-5-12/h1-3,8,12,14,18H,4-7,9-11H2,(H,20,21). The molecule has 0 aromatic heterocycles. The van der Waals surface area contributed by atoms with Crippen LogP contribution in [0.15, 0.2) is 29.2 Å². The highest BCUT2D eigenvalue weighted by Crippen LogP contribution is 2.28. The molecule has 1 unspecified atom stereocenters. The van der Waals surface area contributed by atoms with Crippen molar-refractivity contribution in [2.24, 2.45) is 5.92 Å². The minimum Gasteiger partial charge on any atom is -0.481 e. The predicted octanol–water partition coefficient (Wildman–Crippen LogP) is 1.41. The summed E-state index contributed by atoms with van der Waals surface area (Å²) in [6.07, 6.45) is 1.97. The molecule has 7 nitrogen and oxygen atoms in total. The lowest BCUT2D eigenvalue weighted by Crippen LogP contribution is -2.47. The zero-order valence-electron chi connectivity index (χ0n) is 14.3. The number of nitrogens with zero attached hydrogens (tertiary/aromatic N) is 1. The van der Waals surface area contributed by atoms with Crippen LogP contribution in [-0.4, -0.2) is 60.9 Å². The number of carbonyl (C=O) groups is 2. The van der Waals surface area contributed by atoms with E-state index in [0.29, 0.717) is 24.8 Å². The molecular formula is C17H22N2O5S2. The topological polar surface area (TPSA) is 104 Å². The molecule has 1 heterocycles. The summed E-state index contributed by atoms with van der Waals surface area (Å²) >= 11 is 1.62. The number of carboxylic acids is 1. The van der Waals surface area contributed by atoms with Crippen molar-refractivity contribution in [3.8, 4) is 0 Å². The fourth-order valence-electron chi connectivity index (χ4n) is 2.89. The summed E-state index contributed by atoms with van der Waals surface area (Å²) in [5.74, 6) is 0.450. The maximum atomic E-state index is 12.9. The van der Waals surface area contributed by atoms with Crippen molar-refractivity contribution >= 4 is 33.7 Å². The maximum Gasteiger partial charge on any atom is 0.305 e. The molecule has 142 valence electrons. The number of nitrogens with one attached hydrogen (secondary N) is 1. The van der Waals surface area contributed by atoms with Gasteiger partial charge in [-0.3, -0.25) is 9.59 Å². The van der Waals surface area contributed by atoms with Crippen LogP contribution < -0.4 is 4.72 Å². The third-order valence-electron chi connectivity index (χ3n) is 4.55. The fourth-order valence-corrected chi connectivity index (χ4v) is 5.11. The van der Waals surface area contributed by atoms with Crippen LogP contribution >= 0.6 is 11.8 Å². The third-order valence-corrected chi connectivity index (χ3v) is 7.06. The average Bonchev–Trinajstić information content (AvgIpc) is 3.44. The van der Waals surface area contributed by atoms with E-state index in [1.54, 1.807) is 28.8 Å². The van der Waals surface area contributed by atoms with Crippen molar-refractivity contribution in [3.63, 3.8) is 0 Å². The van der Waals surface area contributed by atoms with E-state index >= 15 is 0 Å². The molecule has 1 aromatic carbocycles. The Morgan fingerprint density at radius 1 is 1.31 bits per heavy atom. The van der Waals surface area contributed by atoms with Crippen LogP contribution in [0.5, 0.6) is 0 Å². The smallest absolute Gasteiger partial charge is 0.305 e. The van der Waals surface area contributed by atoms with Gasteiger partial charge in [0.05, 0.1) is 17.4 Å². The van der Waals surface area contributed by atoms with E-state index in [0.717, 1.165) is 18.6 Å². The molecule has 1 aliphatic carbocycles. The monoisotopic (exact) mass is 398 g/mol. The van der Waals surface area contributed by atoms with E-state index in [2.05, 4.69) is 4.72 Å². The molecule has 0 radical (unpaired) electrons. The summed E-state index contributed by atoms with van der Waals surface area (Å²) in [7, 11) is -3.65. The Labute approximate surface area is 157 Å². The second-order valence-corrected chi connectivity index (χ2v) is 9.57. The van der Waals surface area contributed by atoms with Gasteiger partial charge in [-0.25, -0.2) is 13.1 Å². The highest BCUT2D eigenvalue weighted by atomic mass is 32.2. The lowest BCUT2D eigenvalue weighted by Gasteiger charge is -2.34. The maximum absolute atomic E-state index is 12.9. The zero-order valence-corrected chi connectivity index (χ0v) is 15.9. The second-order valence-electron chi connectivity index (χ2n) is 6.65. The first kappa shape index (κ1) is 19.2. The summed E-state index contributed by atoms with van der Waals surface area (Å²) in [4.78, 5) is 25.5. The van der Waals surface area contributed by atoms with Crippen LogP contribution in [-0.2, 0) is 14.8 Å². The average molecular weight is 399 g/mol. The molecule has 1 amide bonds. The molecule has 2 fully saturated rings. The van der Waals surface area contributed by atoms with E-state index in [1.807, 2.05) is 0 Å². The number of rotatable bonds is 7. The van der Waals surface area contributed by atoms with Crippen LogP contribution in [0.4, 0.5) is 0 Å². The first-order valence-electron chi connectivity index (χ1n) is 8.57. The molecule has 9 heteroatoms. The molecule has 1 saturated heterocycles. The van der Waals surface area contributed by atoms with Gasteiger partial charge < -0.3 is 10.0 Å². The molecule has 26 heavy (non-hydrogen) atoms. The van der Waals surface area contributed by atoms with Crippen LogP contribution in [0.25, 0.3) is 0 Å². The largest absolute Gasteiger partial charge is 0.481 e. The lowest BCUT2D eigenvalue weighted by atomic mass is 10.1. The number of benzene rings is 1. The lowest BCUT2D eigenvalue weighted by molar-refractivity contribution is -0.138. The van der Waals surface area contributed by atoms with Crippen molar-refractivity contribution < 1.29 is 23.1 Å². The number of aliphatic carboxylic acids is 1. The van der Waals surface area contributed by atoms with Crippen molar-refractivity contribution in [1.29, 1.82) is 0 Å². The number of thioether (sulfide) groups is 1. The Morgan fingerprint density at radius 3 is 2.77 bits per heavy atom. The Morgan fingerprint density at radius 2 is 2.08 bits per heavy atom. The molecule has 2 aliphatic rings. The molecule has 2 N–H and O–H groups in total. The summed E-state index contributed by atoms with van der Waals surface area (Å²) in [6.45, 7) is 0.878. The van der Waals surface area contributed by atoms with Crippen molar-refractivity contribution in [2.45, 2.75) is 30.2 Å². The fraction of sp³-hybridized carbons (Fsp3) is 0.529. The SMILES string of the molecule is O=C(O)CC1CSCCN1C(=O)c1cccc(S(=O)(=O)NCC2CC2)c1. The van der Waals surface area contributed by atoms with Crippen LogP contribution in [0.2, 0.25) is 0 Å². The van der Waals surface area contributed by atoms with Gasteiger partial charge >= 0.3 is 5.97 Å². The van der Waals surface area contributed by atoms with Gasteiger partial charge in [0, 0.05) is 30.2 Å². The van der Waals surface area contributed by atoms with E-state index in [1.165, 1.54) is 12.1 Å². The Bertz CT molecular complexity index is 792. The Balaban J connectivity index is 1.77. The molecule has 0 bridgehead atoms. The van der Waals surface area contributed by atoms with Crippen LogP contribution in [0.3, 0.4) is 0 Å². The highest BCUT2D eigenvalue weighted by molar-refractivity contribution is 7.99. The zero-order chi connectivity index (χ0) is 18.7. The number of sulfonamides is 1. The second kappa shape index (κ2) is 7.98. The van der Waals surface area contributed by atoms with Gasteiger partial charge in [0.25, 0.3) is 5.91 Å². The predicted molar refractivity (Wildman–Crippen MR) is 98.8 cm³/mol. The molecule has 1 aliphatic heterocycles. The van der Waals surface area contributed by atoms with Gasteiger partial charge in [0.2, 0.25) is 10.0 Å². The minimum atomic E-state index is -3.65. The normalized spacial score (nSPS) is 20.8. The van der Waals surface area contributed by atoms with E-state index in [9.17, 15) is 18.0 Å². The summed E-state index contributed by atoms with van der Waals surface area (Å²) < 4.78 is 27.4. The number of hydrogen-bond donors (Lipinski definition) is 2. The number of hydrogen-bond acceptors (Lipinski definition) is 5. The third kappa shape index (κ3) is 4.77. The molecule has 1 saturated carbocycles. The summed E-state index contributed by atoms with van der Waals surface area (Å²) in [5.41, 5.74) is 0.265. The van der Waals surface area contributed by atoms with Gasteiger partial charge in [-0.05, 0) is 37.0 Å². The molecule has 3 rings (SSSR count). The number of carboxylic acid groups (broad SMARTS) is 1. The highest BCUT2D eigenvalue weighted by Gasteiger charge is 2.30. The van der Waals surface area contributed by atoms with E-state index in [-0.39, 0.29) is 28.8 Å². The molecule has 0 spiro atoms. The van der Waals surface area contributed by atoms with Gasteiger partial charge in [-0.15, -0.1) is 0 Å². The quantitative estimate of drug-likeness (QED) is 0.720. The van der Waals surface area contributed by atoms with Gasteiger partial charge in [-0.2, -0.15) is 11.8 Å². The summed E-state index contributed by atoms with van der Waals surface area (Å²) in [6, 6.07) is 5.57. The molecule has 1 aromatic rings. The van der Waals surface area contributed by atoms with Gasteiger partial charge in [0.15, 0.2) is 0 Å². The van der Waals surface area contributed by atoms with Crippen molar-refractivity contribution in [3.05, 3.63) is 29.8 Å². The molecule has 1 atom stereocenters. The first-order valence-corrected chi connectivity index (χ1v) is 11.2. The van der Waals surface area contributed by atoms with E-state index < -0.39 is 16.0 Å².